The van der Waals surface area contributed by atoms with Crippen LogP contribution in [0.1, 0.15) is 355 Å². The average molecular weight is 1100 g/mol. The zero-order chi connectivity index (χ0) is 57.1. The van der Waals surface area contributed by atoms with Crippen molar-refractivity contribution in [3.8, 4) is 0 Å². The van der Waals surface area contributed by atoms with Crippen molar-refractivity contribution in [2.45, 2.75) is 361 Å². The standard InChI is InChI=1S/C73H130O6/c1-4-7-10-13-16-19-22-25-28-30-32-33-34-35-36-37-38-39-40-41-42-44-45-48-51-54-57-60-63-66-72(75)78-69-70(68-77-71(74)65-62-59-56-53-50-47-27-24-21-18-15-12-9-6-3)79-73(76)67-64-61-58-55-52-49-46-43-31-29-26-23-20-17-14-11-8-5-2/h7,10,15-16,18-19,24-25,27-28,32-33,70H,4-6,8-9,11-14,17,20-23,26,29-31,34-69H2,1-3H3/b10-7-,18-15-,19-16-,27-24-,28-25-,33-32-. The Morgan fingerprint density at radius 1 is 0.266 bits per heavy atom. The average Bonchev–Trinajstić information content (AvgIpc) is 3.45. The van der Waals surface area contributed by atoms with Gasteiger partial charge in [0.25, 0.3) is 0 Å². The first kappa shape index (κ1) is 75.8. The molecule has 0 fully saturated rings. The van der Waals surface area contributed by atoms with Crippen LogP contribution < -0.4 is 0 Å². The Kier molecular flexibility index (Phi) is 64.7. The van der Waals surface area contributed by atoms with Crippen LogP contribution >= 0.6 is 0 Å². The molecule has 0 aliphatic rings. The zero-order valence-corrected chi connectivity index (χ0v) is 52.6. The van der Waals surface area contributed by atoms with Gasteiger partial charge in [-0.25, -0.2) is 0 Å². The maximum absolute atomic E-state index is 12.9. The Bertz CT molecular complexity index is 1450. The highest BCUT2D eigenvalue weighted by molar-refractivity contribution is 5.71. The molecule has 0 spiro atoms. The number of unbranched alkanes of at least 4 members (excludes halogenated alkanes) is 40. The van der Waals surface area contributed by atoms with Crippen molar-refractivity contribution in [2.75, 3.05) is 13.2 Å². The fourth-order valence-electron chi connectivity index (χ4n) is 10.0. The zero-order valence-electron chi connectivity index (χ0n) is 52.6. The minimum atomic E-state index is -0.779. The number of esters is 3. The van der Waals surface area contributed by atoms with Crippen molar-refractivity contribution < 1.29 is 28.6 Å². The number of carbonyl (C=O) groups is 3. The van der Waals surface area contributed by atoms with Crippen LogP contribution in [0.15, 0.2) is 72.9 Å². The molecule has 1 atom stereocenters. The smallest absolute Gasteiger partial charge is 0.306 e. The quantitative estimate of drug-likeness (QED) is 0.0261. The van der Waals surface area contributed by atoms with Gasteiger partial charge < -0.3 is 14.2 Å². The van der Waals surface area contributed by atoms with E-state index in [1.165, 1.54) is 212 Å². The van der Waals surface area contributed by atoms with Crippen molar-refractivity contribution in [2.24, 2.45) is 0 Å². The molecular weight excluding hydrogens is 973 g/mol. The van der Waals surface area contributed by atoms with E-state index in [0.717, 1.165) is 103 Å². The van der Waals surface area contributed by atoms with Gasteiger partial charge in [0.15, 0.2) is 6.10 Å². The van der Waals surface area contributed by atoms with Gasteiger partial charge in [-0.3, -0.25) is 14.4 Å². The first-order valence-electron chi connectivity index (χ1n) is 34.4. The predicted molar refractivity (Wildman–Crippen MR) is 344 cm³/mol. The van der Waals surface area contributed by atoms with E-state index >= 15 is 0 Å². The molecule has 0 radical (unpaired) electrons. The number of hydrogen-bond acceptors (Lipinski definition) is 6. The Hall–Kier alpha value is -3.15. The monoisotopic (exact) mass is 1100 g/mol. The highest BCUT2D eigenvalue weighted by atomic mass is 16.6. The van der Waals surface area contributed by atoms with E-state index in [9.17, 15) is 14.4 Å². The van der Waals surface area contributed by atoms with E-state index in [1.54, 1.807) is 0 Å². The van der Waals surface area contributed by atoms with Crippen LogP contribution in [-0.2, 0) is 28.6 Å². The van der Waals surface area contributed by atoms with E-state index in [0.29, 0.717) is 19.3 Å². The first-order valence-corrected chi connectivity index (χ1v) is 34.4. The molecule has 0 saturated carbocycles. The maximum Gasteiger partial charge on any atom is 0.306 e. The molecule has 0 bridgehead atoms. The summed E-state index contributed by atoms with van der Waals surface area (Å²) in [5, 5.41) is 0. The van der Waals surface area contributed by atoms with Crippen molar-refractivity contribution >= 4 is 17.9 Å². The van der Waals surface area contributed by atoms with Crippen LogP contribution in [0.3, 0.4) is 0 Å². The van der Waals surface area contributed by atoms with Crippen molar-refractivity contribution in [3.05, 3.63) is 72.9 Å². The molecule has 0 aromatic rings. The van der Waals surface area contributed by atoms with Gasteiger partial charge in [0, 0.05) is 19.3 Å². The summed E-state index contributed by atoms with van der Waals surface area (Å²) in [6.45, 7) is 6.53. The summed E-state index contributed by atoms with van der Waals surface area (Å²) in [5.74, 6) is -0.867. The molecule has 6 heteroatoms. The second-order valence-electron chi connectivity index (χ2n) is 23.1. The summed E-state index contributed by atoms with van der Waals surface area (Å²) in [4.78, 5) is 38.4. The SMILES string of the molecule is CC/C=C\C/C=C\C/C=C\C/C=C\CCCCCCCCCCCCCCCCCCC(=O)OCC(COC(=O)CCCCCCC/C=C\C/C=C\CCCC)OC(=O)CCCCCCCCCCCCCCCCCCCC. The third-order valence-corrected chi connectivity index (χ3v) is 15.2. The Balaban J connectivity index is 4.23. The van der Waals surface area contributed by atoms with E-state index < -0.39 is 6.10 Å². The number of allylic oxidation sites excluding steroid dienone is 12. The number of hydrogen-bond donors (Lipinski definition) is 0. The molecule has 0 aliphatic carbocycles. The summed E-state index contributed by atoms with van der Waals surface area (Å²) < 4.78 is 17.0. The maximum atomic E-state index is 12.9. The molecule has 6 nitrogen and oxygen atoms in total. The lowest BCUT2D eigenvalue weighted by atomic mass is 10.0. The Morgan fingerprint density at radius 3 is 0.810 bits per heavy atom. The minimum Gasteiger partial charge on any atom is -0.462 e. The van der Waals surface area contributed by atoms with Gasteiger partial charge in [0.05, 0.1) is 0 Å². The summed E-state index contributed by atoms with van der Waals surface area (Å²) >= 11 is 0. The lowest BCUT2D eigenvalue weighted by molar-refractivity contribution is -0.167. The van der Waals surface area contributed by atoms with Crippen LogP contribution in [-0.4, -0.2) is 37.2 Å². The van der Waals surface area contributed by atoms with Crippen LogP contribution in [0.25, 0.3) is 0 Å². The lowest BCUT2D eigenvalue weighted by Gasteiger charge is -2.18. The Morgan fingerprint density at radius 2 is 0.506 bits per heavy atom. The van der Waals surface area contributed by atoms with Gasteiger partial charge >= 0.3 is 17.9 Å². The van der Waals surface area contributed by atoms with E-state index in [4.69, 9.17) is 14.2 Å². The van der Waals surface area contributed by atoms with Crippen molar-refractivity contribution in [1.29, 1.82) is 0 Å². The van der Waals surface area contributed by atoms with Gasteiger partial charge in [-0.15, -0.1) is 0 Å². The van der Waals surface area contributed by atoms with Crippen LogP contribution in [0.4, 0.5) is 0 Å². The molecule has 0 rings (SSSR count). The number of ether oxygens (including phenoxy) is 3. The molecule has 0 saturated heterocycles. The molecule has 0 aromatic heterocycles. The molecule has 0 N–H and O–H groups in total. The Labute approximate surface area is 491 Å². The third kappa shape index (κ3) is 65.5. The summed E-state index contributed by atoms with van der Waals surface area (Å²) in [7, 11) is 0. The van der Waals surface area contributed by atoms with Gasteiger partial charge in [-0.05, 0) is 83.5 Å². The summed E-state index contributed by atoms with van der Waals surface area (Å²) in [6.07, 6.45) is 87.8. The number of carbonyl (C=O) groups excluding carboxylic acids is 3. The fraction of sp³-hybridized carbons (Fsp3) is 0.795. The van der Waals surface area contributed by atoms with E-state index in [1.807, 2.05) is 0 Å². The molecule has 0 aliphatic heterocycles. The normalized spacial score (nSPS) is 12.5. The molecule has 458 valence electrons. The van der Waals surface area contributed by atoms with Crippen LogP contribution in [0, 0.1) is 0 Å². The topological polar surface area (TPSA) is 78.9 Å². The van der Waals surface area contributed by atoms with Gasteiger partial charge in [-0.1, -0.05) is 325 Å². The highest BCUT2D eigenvalue weighted by Gasteiger charge is 2.19. The van der Waals surface area contributed by atoms with Crippen LogP contribution in [0.5, 0.6) is 0 Å². The largest absolute Gasteiger partial charge is 0.462 e. The van der Waals surface area contributed by atoms with Crippen molar-refractivity contribution in [3.63, 3.8) is 0 Å². The summed E-state index contributed by atoms with van der Waals surface area (Å²) in [6, 6.07) is 0. The first-order chi connectivity index (χ1) is 39.0. The molecule has 79 heavy (non-hydrogen) atoms. The third-order valence-electron chi connectivity index (χ3n) is 15.2. The van der Waals surface area contributed by atoms with Gasteiger partial charge in [0.2, 0.25) is 0 Å². The second-order valence-corrected chi connectivity index (χ2v) is 23.1. The van der Waals surface area contributed by atoms with Gasteiger partial charge in [0.1, 0.15) is 13.2 Å². The molecule has 0 amide bonds. The molecule has 0 aromatic carbocycles. The van der Waals surface area contributed by atoms with Crippen molar-refractivity contribution in [1.82, 2.24) is 0 Å². The van der Waals surface area contributed by atoms with E-state index in [2.05, 4.69) is 93.7 Å². The van der Waals surface area contributed by atoms with Gasteiger partial charge in [-0.2, -0.15) is 0 Å². The molecule has 0 heterocycles. The van der Waals surface area contributed by atoms with E-state index in [-0.39, 0.29) is 31.1 Å². The molecule has 1 unspecified atom stereocenters. The highest BCUT2D eigenvalue weighted by Crippen LogP contribution is 2.18. The lowest BCUT2D eigenvalue weighted by Crippen LogP contribution is -2.30. The van der Waals surface area contributed by atoms with Crippen LogP contribution in [0.2, 0.25) is 0 Å². The predicted octanol–water partition coefficient (Wildman–Crippen LogP) is 23.7. The second kappa shape index (κ2) is 67.4. The summed E-state index contributed by atoms with van der Waals surface area (Å²) in [5.41, 5.74) is 0. The number of rotatable bonds is 63. The molecular formula is C73H130O6. The minimum absolute atomic E-state index is 0.0751. The fourth-order valence-corrected chi connectivity index (χ4v) is 10.0.